The lowest BCUT2D eigenvalue weighted by atomic mass is 10.2. The maximum Gasteiger partial charge on any atom is 0.419 e. The number of halogens is 3. The number of amides is 3. The molecule has 0 aliphatic carbocycles. The number of carbonyl (C=O) groups is 2. The summed E-state index contributed by atoms with van der Waals surface area (Å²) in [5.74, 6) is -0.744. The van der Waals surface area contributed by atoms with E-state index in [9.17, 15) is 22.8 Å². The van der Waals surface area contributed by atoms with Crippen molar-refractivity contribution >= 4 is 11.9 Å². The van der Waals surface area contributed by atoms with Crippen LogP contribution in [0.1, 0.15) is 11.1 Å². The minimum Gasteiger partial charge on any atom is -0.438 e. The Labute approximate surface area is 140 Å². The molecule has 0 unspecified atom stereocenters. The van der Waals surface area contributed by atoms with Gasteiger partial charge < -0.3 is 10.1 Å². The van der Waals surface area contributed by atoms with Crippen LogP contribution in [0.3, 0.4) is 0 Å². The molecule has 0 saturated carbocycles. The van der Waals surface area contributed by atoms with E-state index in [4.69, 9.17) is 4.74 Å². The Hall–Kier alpha value is -3.10. The molecule has 0 bridgehead atoms. The van der Waals surface area contributed by atoms with Gasteiger partial charge in [0.15, 0.2) is 0 Å². The summed E-state index contributed by atoms with van der Waals surface area (Å²) >= 11 is 0. The van der Waals surface area contributed by atoms with Gasteiger partial charge in [0.05, 0.1) is 18.7 Å². The monoisotopic (exact) mass is 351 g/mol. The molecule has 6 nitrogen and oxygen atoms in total. The molecule has 1 aliphatic heterocycles. The molecule has 130 valence electrons. The van der Waals surface area contributed by atoms with E-state index in [2.05, 4.69) is 10.3 Å². The first-order chi connectivity index (χ1) is 11.8. The minimum absolute atomic E-state index is 0.0249. The fourth-order valence-electron chi connectivity index (χ4n) is 2.27. The van der Waals surface area contributed by atoms with Gasteiger partial charge in [-0.1, -0.05) is 18.2 Å². The first-order valence-corrected chi connectivity index (χ1v) is 7.22. The smallest absolute Gasteiger partial charge is 0.419 e. The van der Waals surface area contributed by atoms with E-state index in [1.807, 2.05) is 0 Å². The van der Waals surface area contributed by atoms with Crippen LogP contribution in [0.5, 0.6) is 11.6 Å². The number of nitrogens with zero attached hydrogens (tertiary/aromatic N) is 2. The van der Waals surface area contributed by atoms with Crippen LogP contribution in [0.2, 0.25) is 0 Å². The van der Waals surface area contributed by atoms with Crippen LogP contribution in [0.15, 0.2) is 42.6 Å². The molecule has 1 fully saturated rings. The van der Waals surface area contributed by atoms with Gasteiger partial charge in [0, 0.05) is 12.3 Å². The van der Waals surface area contributed by atoms with Crippen LogP contribution in [0.25, 0.3) is 0 Å². The highest BCUT2D eigenvalue weighted by molar-refractivity contribution is 6.01. The molecule has 2 heterocycles. The Kier molecular flexibility index (Phi) is 4.30. The average molecular weight is 351 g/mol. The summed E-state index contributed by atoms with van der Waals surface area (Å²) in [6.07, 6.45) is -3.20. The first kappa shape index (κ1) is 16.7. The van der Waals surface area contributed by atoms with Crippen molar-refractivity contribution < 1.29 is 27.5 Å². The van der Waals surface area contributed by atoms with E-state index < -0.39 is 17.8 Å². The number of imide groups is 1. The summed E-state index contributed by atoms with van der Waals surface area (Å²) in [7, 11) is 0. The number of alkyl halides is 3. The summed E-state index contributed by atoms with van der Waals surface area (Å²) in [5.41, 5.74) is -0.359. The lowest BCUT2D eigenvalue weighted by Crippen LogP contribution is -2.30. The zero-order valence-corrected chi connectivity index (χ0v) is 12.7. The highest BCUT2D eigenvalue weighted by Gasteiger charge is 2.34. The molecule has 1 aliphatic rings. The zero-order valence-electron chi connectivity index (χ0n) is 12.7. The van der Waals surface area contributed by atoms with E-state index in [0.717, 1.165) is 11.0 Å². The molecule has 3 amide bonds. The molecule has 1 N–H and O–H groups in total. The molecule has 1 aromatic carbocycles. The fourth-order valence-corrected chi connectivity index (χ4v) is 2.27. The SMILES string of the molecule is O=C1CNC(=O)N1Cc1ccc(Oc2ccccc2C(F)(F)F)nc1. The van der Waals surface area contributed by atoms with Gasteiger partial charge in [0.2, 0.25) is 11.8 Å². The van der Waals surface area contributed by atoms with Crippen LogP contribution >= 0.6 is 0 Å². The van der Waals surface area contributed by atoms with Gasteiger partial charge >= 0.3 is 12.2 Å². The predicted octanol–water partition coefficient (Wildman–Crippen LogP) is 2.94. The largest absolute Gasteiger partial charge is 0.438 e. The molecule has 9 heteroatoms. The Balaban J connectivity index is 1.74. The highest BCUT2D eigenvalue weighted by Crippen LogP contribution is 2.37. The first-order valence-electron chi connectivity index (χ1n) is 7.22. The Bertz CT molecular complexity index is 790. The van der Waals surface area contributed by atoms with Crippen molar-refractivity contribution in [1.82, 2.24) is 15.2 Å². The second kappa shape index (κ2) is 6.42. The standard InChI is InChI=1S/C16H12F3N3O3/c17-16(18,19)11-3-1-2-4-12(11)25-13-6-5-10(7-20-13)9-22-14(23)8-21-15(22)24/h1-7H,8-9H2,(H,21,24). The number of hydrogen-bond acceptors (Lipinski definition) is 4. The van der Waals surface area contributed by atoms with Crippen molar-refractivity contribution in [3.8, 4) is 11.6 Å². The highest BCUT2D eigenvalue weighted by atomic mass is 19.4. The Morgan fingerprint density at radius 2 is 1.92 bits per heavy atom. The van der Waals surface area contributed by atoms with Gasteiger partial charge in [-0.05, 0) is 17.7 Å². The molecule has 1 aromatic heterocycles. The van der Waals surface area contributed by atoms with Gasteiger partial charge in [-0.25, -0.2) is 9.78 Å². The van der Waals surface area contributed by atoms with Crippen molar-refractivity contribution in [2.75, 3.05) is 6.54 Å². The van der Waals surface area contributed by atoms with E-state index in [1.54, 1.807) is 0 Å². The van der Waals surface area contributed by atoms with Gasteiger partial charge in [0.25, 0.3) is 0 Å². The quantitative estimate of drug-likeness (QED) is 0.860. The van der Waals surface area contributed by atoms with Crippen LogP contribution < -0.4 is 10.1 Å². The zero-order chi connectivity index (χ0) is 18.0. The molecule has 3 rings (SSSR count). The van der Waals surface area contributed by atoms with Crippen molar-refractivity contribution in [2.45, 2.75) is 12.7 Å². The third-order valence-electron chi connectivity index (χ3n) is 3.48. The number of benzene rings is 1. The van der Waals surface area contributed by atoms with E-state index in [1.165, 1.54) is 36.5 Å². The lowest BCUT2D eigenvalue weighted by Gasteiger charge is -2.14. The lowest BCUT2D eigenvalue weighted by molar-refractivity contribution is -0.138. The normalized spacial score (nSPS) is 14.6. The summed E-state index contributed by atoms with van der Waals surface area (Å²) in [4.78, 5) is 27.9. The van der Waals surface area contributed by atoms with Gasteiger partial charge in [0.1, 0.15) is 5.75 Å². The molecule has 0 radical (unpaired) electrons. The van der Waals surface area contributed by atoms with Crippen molar-refractivity contribution in [3.05, 3.63) is 53.7 Å². The molecule has 0 atom stereocenters. The molecular weight excluding hydrogens is 339 g/mol. The van der Waals surface area contributed by atoms with Crippen LogP contribution in [0.4, 0.5) is 18.0 Å². The van der Waals surface area contributed by atoms with Gasteiger partial charge in [-0.15, -0.1) is 0 Å². The van der Waals surface area contributed by atoms with E-state index >= 15 is 0 Å². The van der Waals surface area contributed by atoms with E-state index in [0.29, 0.717) is 5.56 Å². The molecular formula is C16H12F3N3O3. The maximum absolute atomic E-state index is 12.9. The summed E-state index contributed by atoms with van der Waals surface area (Å²) < 4.78 is 44.0. The second-order valence-corrected chi connectivity index (χ2v) is 5.24. The molecule has 1 saturated heterocycles. The fraction of sp³-hybridized carbons (Fsp3) is 0.188. The number of aromatic nitrogens is 1. The number of nitrogens with one attached hydrogen (secondary N) is 1. The number of ether oxygens (including phenoxy) is 1. The predicted molar refractivity (Wildman–Crippen MR) is 79.7 cm³/mol. The van der Waals surface area contributed by atoms with Crippen molar-refractivity contribution in [1.29, 1.82) is 0 Å². The molecule has 25 heavy (non-hydrogen) atoms. The third-order valence-corrected chi connectivity index (χ3v) is 3.48. The van der Waals surface area contributed by atoms with Crippen LogP contribution in [-0.4, -0.2) is 28.4 Å². The third kappa shape index (κ3) is 3.70. The summed E-state index contributed by atoms with van der Waals surface area (Å²) in [5, 5.41) is 2.39. The minimum atomic E-state index is -4.54. The number of carbonyl (C=O) groups excluding carboxylic acids is 2. The maximum atomic E-state index is 12.9. The number of para-hydroxylation sites is 1. The Morgan fingerprint density at radius 3 is 2.52 bits per heavy atom. The number of rotatable bonds is 4. The second-order valence-electron chi connectivity index (χ2n) is 5.24. The Morgan fingerprint density at radius 1 is 1.16 bits per heavy atom. The van der Waals surface area contributed by atoms with Gasteiger partial charge in [-0.3, -0.25) is 9.69 Å². The van der Waals surface area contributed by atoms with Crippen molar-refractivity contribution in [3.63, 3.8) is 0 Å². The molecule has 2 aromatic rings. The number of urea groups is 1. The van der Waals surface area contributed by atoms with Crippen LogP contribution in [0, 0.1) is 0 Å². The number of pyridine rings is 1. The van der Waals surface area contributed by atoms with E-state index in [-0.39, 0.29) is 30.6 Å². The van der Waals surface area contributed by atoms with Crippen molar-refractivity contribution in [2.24, 2.45) is 0 Å². The topological polar surface area (TPSA) is 71.5 Å². The van der Waals surface area contributed by atoms with Crippen LogP contribution in [-0.2, 0) is 17.5 Å². The van der Waals surface area contributed by atoms with Gasteiger partial charge in [-0.2, -0.15) is 13.2 Å². The molecule has 0 spiro atoms. The number of hydrogen-bond donors (Lipinski definition) is 1. The summed E-state index contributed by atoms with van der Waals surface area (Å²) in [6.45, 7) is -0.0290. The summed E-state index contributed by atoms with van der Waals surface area (Å²) in [6, 6.07) is 7.22. The average Bonchev–Trinajstić information content (AvgIpc) is 2.88.